The van der Waals surface area contributed by atoms with Crippen LogP contribution in [0.25, 0.3) is 0 Å². The standard InChI is InChI=1S/C15H18N2O/c1-17-15(11-3-7-13(16)8-4-11)12-5-9-14(18-2)10-6-12/h3-10,15,17H,16H2,1-2H3. The van der Waals surface area contributed by atoms with Crippen molar-refractivity contribution in [1.29, 1.82) is 0 Å². The lowest BCUT2D eigenvalue weighted by atomic mass is 9.98. The quantitative estimate of drug-likeness (QED) is 0.810. The molecule has 1 unspecified atom stereocenters. The Bertz CT molecular complexity index is 491. The van der Waals surface area contributed by atoms with E-state index in [-0.39, 0.29) is 6.04 Å². The first-order valence-electron chi connectivity index (χ1n) is 5.91. The number of nitrogens with two attached hydrogens (primary N) is 1. The lowest BCUT2D eigenvalue weighted by Gasteiger charge is -2.17. The van der Waals surface area contributed by atoms with Crippen molar-refractivity contribution in [3.63, 3.8) is 0 Å². The van der Waals surface area contributed by atoms with Gasteiger partial charge in [0, 0.05) is 5.69 Å². The molecule has 3 N–H and O–H groups in total. The van der Waals surface area contributed by atoms with E-state index < -0.39 is 0 Å². The molecule has 2 rings (SSSR count). The number of hydrogen-bond acceptors (Lipinski definition) is 3. The molecular weight excluding hydrogens is 224 g/mol. The van der Waals surface area contributed by atoms with Gasteiger partial charge in [0.1, 0.15) is 5.75 Å². The normalized spacial score (nSPS) is 12.1. The van der Waals surface area contributed by atoms with Crippen molar-refractivity contribution in [2.24, 2.45) is 0 Å². The fraction of sp³-hybridized carbons (Fsp3) is 0.200. The predicted octanol–water partition coefficient (Wildman–Crippen LogP) is 2.59. The van der Waals surface area contributed by atoms with Crippen LogP contribution in [0.2, 0.25) is 0 Å². The number of nitrogen functional groups attached to an aromatic ring is 1. The van der Waals surface area contributed by atoms with E-state index >= 15 is 0 Å². The topological polar surface area (TPSA) is 47.3 Å². The monoisotopic (exact) mass is 242 g/mol. The van der Waals surface area contributed by atoms with Crippen molar-refractivity contribution in [2.45, 2.75) is 6.04 Å². The zero-order chi connectivity index (χ0) is 13.0. The van der Waals surface area contributed by atoms with Crippen molar-refractivity contribution >= 4 is 5.69 Å². The van der Waals surface area contributed by atoms with Gasteiger partial charge in [-0.3, -0.25) is 0 Å². The number of hydrogen-bond donors (Lipinski definition) is 2. The van der Waals surface area contributed by atoms with Crippen LogP contribution < -0.4 is 15.8 Å². The van der Waals surface area contributed by atoms with Crippen LogP contribution in [0, 0.1) is 0 Å². The van der Waals surface area contributed by atoms with E-state index in [9.17, 15) is 0 Å². The van der Waals surface area contributed by atoms with Gasteiger partial charge < -0.3 is 15.8 Å². The molecule has 3 nitrogen and oxygen atoms in total. The summed E-state index contributed by atoms with van der Waals surface area (Å²) in [6, 6.07) is 16.2. The highest BCUT2D eigenvalue weighted by atomic mass is 16.5. The molecule has 2 aromatic carbocycles. The molecule has 0 bridgehead atoms. The van der Waals surface area contributed by atoms with Crippen molar-refractivity contribution in [2.75, 3.05) is 19.9 Å². The van der Waals surface area contributed by atoms with Gasteiger partial charge in [-0.25, -0.2) is 0 Å². The molecule has 0 radical (unpaired) electrons. The van der Waals surface area contributed by atoms with Crippen LogP contribution in [-0.4, -0.2) is 14.2 Å². The summed E-state index contributed by atoms with van der Waals surface area (Å²) < 4.78 is 5.17. The summed E-state index contributed by atoms with van der Waals surface area (Å²) in [5.74, 6) is 0.867. The average Bonchev–Trinajstić information content (AvgIpc) is 2.42. The molecule has 3 heteroatoms. The third kappa shape index (κ3) is 2.63. The van der Waals surface area contributed by atoms with E-state index in [1.54, 1.807) is 7.11 Å². The van der Waals surface area contributed by atoms with Crippen LogP contribution in [-0.2, 0) is 0 Å². The average molecular weight is 242 g/mol. The fourth-order valence-electron chi connectivity index (χ4n) is 2.01. The Hall–Kier alpha value is -2.00. The van der Waals surface area contributed by atoms with Gasteiger partial charge in [0.15, 0.2) is 0 Å². The van der Waals surface area contributed by atoms with Crippen molar-refractivity contribution in [3.05, 3.63) is 59.7 Å². The van der Waals surface area contributed by atoms with Gasteiger partial charge >= 0.3 is 0 Å². The Morgan fingerprint density at radius 3 is 1.89 bits per heavy atom. The lowest BCUT2D eigenvalue weighted by Crippen LogP contribution is -2.17. The third-order valence-electron chi connectivity index (χ3n) is 3.01. The maximum absolute atomic E-state index is 5.71. The molecule has 0 fully saturated rings. The maximum Gasteiger partial charge on any atom is 0.118 e. The van der Waals surface area contributed by atoms with Crippen molar-refractivity contribution in [1.82, 2.24) is 5.32 Å². The number of anilines is 1. The van der Waals surface area contributed by atoms with E-state index in [1.807, 2.05) is 43.4 Å². The summed E-state index contributed by atoms with van der Waals surface area (Å²) in [6.07, 6.45) is 0. The Morgan fingerprint density at radius 2 is 1.44 bits per heavy atom. The van der Waals surface area contributed by atoms with Gasteiger partial charge in [-0.1, -0.05) is 24.3 Å². The van der Waals surface area contributed by atoms with E-state index in [0.717, 1.165) is 11.4 Å². The Labute approximate surface area is 108 Å². The van der Waals surface area contributed by atoms with E-state index in [0.29, 0.717) is 0 Å². The van der Waals surface area contributed by atoms with Gasteiger partial charge in [-0.2, -0.15) is 0 Å². The molecule has 0 aromatic heterocycles. The SMILES string of the molecule is CNC(c1ccc(N)cc1)c1ccc(OC)cc1. The minimum atomic E-state index is 0.163. The third-order valence-corrected chi connectivity index (χ3v) is 3.01. The molecular formula is C15H18N2O. The molecule has 2 aromatic rings. The van der Waals surface area contributed by atoms with Crippen molar-refractivity contribution in [3.8, 4) is 5.75 Å². The van der Waals surface area contributed by atoms with Gasteiger partial charge in [-0.15, -0.1) is 0 Å². The summed E-state index contributed by atoms with van der Waals surface area (Å²) in [7, 11) is 3.62. The lowest BCUT2D eigenvalue weighted by molar-refractivity contribution is 0.414. The molecule has 0 aliphatic heterocycles. The number of rotatable bonds is 4. The van der Waals surface area contributed by atoms with Crippen LogP contribution >= 0.6 is 0 Å². The van der Waals surface area contributed by atoms with Gasteiger partial charge in [-0.05, 0) is 42.4 Å². The second kappa shape index (κ2) is 5.56. The smallest absolute Gasteiger partial charge is 0.118 e. The van der Waals surface area contributed by atoms with Gasteiger partial charge in [0.05, 0.1) is 13.2 Å². The van der Waals surface area contributed by atoms with E-state index in [4.69, 9.17) is 10.5 Å². The molecule has 0 saturated carbocycles. The summed E-state index contributed by atoms with van der Waals surface area (Å²) >= 11 is 0. The zero-order valence-electron chi connectivity index (χ0n) is 10.7. The second-order valence-corrected chi connectivity index (χ2v) is 4.16. The Balaban J connectivity index is 2.29. The van der Waals surface area contributed by atoms with Crippen molar-refractivity contribution < 1.29 is 4.74 Å². The van der Waals surface area contributed by atoms with Crippen LogP contribution in [0.1, 0.15) is 17.2 Å². The molecule has 94 valence electrons. The van der Waals surface area contributed by atoms with E-state index in [2.05, 4.69) is 17.4 Å². The predicted molar refractivity (Wildman–Crippen MR) is 74.8 cm³/mol. The zero-order valence-corrected chi connectivity index (χ0v) is 10.7. The van der Waals surface area contributed by atoms with Gasteiger partial charge in [0.25, 0.3) is 0 Å². The number of nitrogens with one attached hydrogen (secondary N) is 1. The first kappa shape index (κ1) is 12.5. The highest BCUT2D eigenvalue weighted by Crippen LogP contribution is 2.24. The maximum atomic E-state index is 5.71. The highest BCUT2D eigenvalue weighted by Gasteiger charge is 2.11. The minimum Gasteiger partial charge on any atom is -0.497 e. The molecule has 0 amide bonds. The number of ether oxygens (including phenoxy) is 1. The molecule has 0 heterocycles. The summed E-state index contributed by atoms with van der Waals surface area (Å²) in [5, 5.41) is 3.31. The first-order chi connectivity index (χ1) is 8.74. The molecule has 0 aliphatic carbocycles. The number of methoxy groups -OCH3 is 1. The van der Waals surface area contributed by atoms with E-state index in [1.165, 1.54) is 11.1 Å². The molecule has 1 atom stereocenters. The van der Waals surface area contributed by atoms with Crippen LogP contribution in [0.4, 0.5) is 5.69 Å². The summed E-state index contributed by atoms with van der Waals surface area (Å²) in [6.45, 7) is 0. The highest BCUT2D eigenvalue weighted by molar-refractivity contribution is 5.43. The molecule has 0 spiro atoms. The Kier molecular flexibility index (Phi) is 3.85. The molecule has 18 heavy (non-hydrogen) atoms. The summed E-state index contributed by atoms with van der Waals surface area (Å²) in [4.78, 5) is 0. The van der Waals surface area contributed by atoms with Crippen LogP contribution in [0.3, 0.4) is 0 Å². The second-order valence-electron chi connectivity index (χ2n) is 4.16. The largest absolute Gasteiger partial charge is 0.497 e. The summed E-state index contributed by atoms with van der Waals surface area (Å²) in [5.41, 5.74) is 8.88. The van der Waals surface area contributed by atoms with Crippen LogP contribution in [0.15, 0.2) is 48.5 Å². The first-order valence-corrected chi connectivity index (χ1v) is 5.91. The molecule has 0 saturated heterocycles. The fourth-order valence-corrected chi connectivity index (χ4v) is 2.01. The number of benzene rings is 2. The van der Waals surface area contributed by atoms with Crippen LogP contribution in [0.5, 0.6) is 5.75 Å². The minimum absolute atomic E-state index is 0.163. The molecule has 0 aliphatic rings. The van der Waals surface area contributed by atoms with Gasteiger partial charge in [0.2, 0.25) is 0 Å². The Morgan fingerprint density at radius 1 is 0.944 bits per heavy atom.